The Labute approximate surface area is 145 Å². The van der Waals surface area contributed by atoms with E-state index in [0.29, 0.717) is 25.8 Å². The third-order valence-electron chi connectivity index (χ3n) is 4.75. The second-order valence-corrected chi connectivity index (χ2v) is 11.5. The van der Waals surface area contributed by atoms with Crippen LogP contribution in [-0.2, 0) is 24.7 Å². The van der Waals surface area contributed by atoms with Crippen LogP contribution in [0, 0.1) is 0 Å². The molecular weight excluding hydrogens is 352 g/mol. The van der Waals surface area contributed by atoms with Crippen molar-refractivity contribution in [2.24, 2.45) is 0 Å². The Kier molecular flexibility index (Phi) is 6.30. The van der Waals surface area contributed by atoms with Gasteiger partial charge in [-0.05, 0) is 33.1 Å². The first-order valence-electron chi connectivity index (χ1n) is 8.62. The molecule has 0 bridgehead atoms. The number of amides is 1. The second kappa shape index (κ2) is 7.70. The monoisotopic (exact) mass is 380 g/mol. The molecule has 1 unspecified atom stereocenters. The zero-order valence-electron chi connectivity index (χ0n) is 14.4. The maximum absolute atomic E-state index is 12.2. The SMILES string of the molecule is CC(C)NS(=O)(=O)C1CCN(C(=O)CCS(=O)(=O)C2CCCC2)C1. The molecule has 1 saturated heterocycles. The number of nitrogens with one attached hydrogen (secondary N) is 1. The van der Waals surface area contributed by atoms with Crippen molar-refractivity contribution in [1.29, 1.82) is 0 Å². The van der Waals surface area contributed by atoms with E-state index < -0.39 is 25.1 Å². The van der Waals surface area contributed by atoms with Crippen LogP contribution in [0.5, 0.6) is 0 Å². The van der Waals surface area contributed by atoms with Gasteiger partial charge in [0.05, 0.1) is 16.3 Å². The Bertz CT molecular complexity index is 651. The summed E-state index contributed by atoms with van der Waals surface area (Å²) in [6.07, 6.45) is 3.61. The van der Waals surface area contributed by atoms with E-state index >= 15 is 0 Å². The van der Waals surface area contributed by atoms with Gasteiger partial charge in [0.1, 0.15) is 0 Å². The first kappa shape index (κ1) is 19.7. The van der Waals surface area contributed by atoms with Gasteiger partial charge in [0.25, 0.3) is 0 Å². The standard InChI is InChI=1S/C15H28N2O5S2/c1-12(2)16-24(21,22)14-7-9-17(11-14)15(18)8-10-23(19,20)13-5-3-4-6-13/h12-14,16H,3-11H2,1-2H3. The Morgan fingerprint density at radius 1 is 1.08 bits per heavy atom. The summed E-state index contributed by atoms with van der Waals surface area (Å²) in [5.41, 5.74) is 0. The topological polar surface area (TPSA) is 101 Å². The van der Waals surface area contributed by atoms with Crippen molar-refractivity contribution in [3.63, 3.8) is 0 Å². The van der Waals surface area contributed by atoms with Gasteiger partial charge in [-0.2, -0.15) is 0 Å². The number of carbonyl (C=O) groups is 1. The van der Waals surface area contributed by atoms with Crippen molar-refractivity contribution >= 4 is 25.8 Å². The van der Waals surface area contributed by atoms with Crippen molar-refractivity contribution in [2.75, 3.05) is 18.8 Å². The molecule has 1 N–H and O–H groups in total. The van der Waals surface area contributed by atoms with Gasteiger partial charge >= 0.3 is 0 Å². The lowest BCUT2D eigenvalue weighted by atomic mass is 10.4. The summed E-state index contributed by atoms with van der Waals surface area (Å²) in [5.74, 6) is -0.395. The van der Waals surface area contributed by atoms with E-state index in [1.807, 2.05) is 0 Å². The summed E-state index contributed by atoms with van der Waals surface area (Å²) in [4.78, 5) is 13.7. The highest BCUT2D eigenvalue weighted by molar-refractivity contribution is 7.92. The summed E-state index contributed by atoms with van der Waals surface area (Å²) in [7, 11) is -6.66. The number of carbonyl (C=O) groups excluding carboxylic acids is 1. The van der Waals surface area contributed by atoms with Crippen molar-refractivity contribution in [2.45, 2.75) is 68.9 Å². The average molecular weight is 381 g/mol. The Morgan fingerprint density at radius 3 is 2.29 bits per heavy atom. The quantitative estimate of drug-likeness (QED) is 0.699. The van der Waals surface area contributed by atoms with Gasteiger partial charge in [-0.3, -0.25) is 4.79 Å². The van der Waals surface area contributed by atoms with Gasteiger partial charge in [0.15, 0.2) is 9.84 Å². The normalized spacial score (nSPS) is 23.3. The van der Waals surface area contributed by atoms with Crippen LogP contribution in [0.2, 0.25) is 0 Å². The highest BCUT2D eigenvalue weighted by Crippen LogP contribution is 2.26. The molecule has 1 amide bonds. The van der Waals surface area contributed by atoms with E-state index in [9.17, 15) is 21.6 Å². The molecule has 0 aromatic rings. The summed E-state index contributed by atoms with van der Waals surface area (Å²) in [5, 5.41) is -0.914. The number of sulfonamides is 1. The maximum Gasteiger partial charge on any atom is 0.223 e. The van der Waals surface area contributed by atoms with Crippen molar-refractivity contribution in [3.8, 4) is 0 Å². The fourth-order valence-electron chi connectivity index (χ4n) is 3.43. The summed E-state index contributed by atoms with van der Waals surface area (Å²) >= 11 is 0. The van der Waals surface area contributed by atoms with E-state index in [-0.39, 0.29) is 35.9 Å². The van der Waals surface area contributed by atoms with Crippen LogP contribution in [0.15, 0.2) is 0 Å². The summed E-state index contributed by atoms with van der Waals surface area (Å²) in [6.45, 7) is 4.02. The molecule has 1 atom stereocenters. The molecule has 9 heteroatoms. The van der Waals surface area contributed by atoms with Crippen molar-refractivity contribution in [1.82, 2.24) is 9.62 Å². The lowest BCUT2D eigenvalue weighted by Gasteiger charge is -2.18. The largest absolute Gasteiger partial charge is 0.341 e. The number of hydrogen-bond acceptors (Lipinski definition) is 5. The Morgan fingerprint density at radius 2 is 1.71 bits per heavy atom. The van der Waals surface area contributed by atoms with Crippen molar-refractivity contribution in [3.05, 3.63) is 0 Å². The zero-order chi connectivity index (χ0) is 18.0. The average Bonchev–Trinajstić information content (AvgIpc) is 3.14. The number of rotatable bonds is 7. The minimum Gasteiger partial charge on any atom is -0.341 e. The molecule has 0 aromatic heterocycles. The van der Waals surface area contributed by atoms with Crippen LogP contribution in [0.1, 0.15) is 52.4 Å². The minimum atomic E-state index is -3.44. The molecule has 1 saturated carbocycles. The maximum atomic E-state index is 12.2. The molecule has 1 heterocycles. The van der Waals surface area contributed by atoms with Gasteiger partial charge in [-0.25, -0.2) is 21.6 Å². The highest BCUT2D eigenvalue weighted by atomic mass is 32.2. The molecule has 2 fully saturated rings. The molecule has 0 aromatic carbocycles. The van der Waals surface area contributed by atoms with E-state index in [2.05, 4.69) is 4.72 Å². The molecule has 1 aliphatic heterocycles. The van der Waals surface area contributed by atoms with Gasteiger partial charge in [-0.15, -0.1) is 0 Å². The first-order valence-corrected chi connectivity index (χ1v) is 11.9. The van der Waals surface area contributed by atoms with Gasteiger partial charge in [0, 0.05) is 25.6 Å². The molecule has 24 heavy (non-hydrogen) atoms. The fraction of sp³-hybridized carbons (Fsp3) is 0.933. The molecular formula is C15H28N2O5S2. The minimum absolute atomic E-state index is 0.0524. The first-order chi connectivity index (χ1) is 11.1. The molecule has 0 radical (unpaired) electrons. The molecule has 2 rings (SSSR count). The fourth-order valence-corrected chi connectivity index (χ4v) is 6.92. The van der Waals surface area contributed by atoms with Gasteiger partial charge in [0.2, 0.25) is 15.9 Å². The van der Waals surface area contributed by atoms with Gasteiger partial charge < -0.3 is 4.90 Å². The predicted octanol–water partition coefficient (Wildman–Crippen LogP) is 0.663. The molecule has 2 aliphatic rings. The van der Waals surface area contributed by atoms with Gasteiger partial charge in [-0.1, -0.05) is 12.8 Å². The molecule has 0 spiro atoms. The van der Waals surface area contributed by atoms with Crippen LogP contribution >= 0.6 is 0 Å². The van der Waals surface area contributed by atoms with Crippen LogP contribution in [0.25, 0.3) is 0 Å². The Balaban J connectivity index is 1.86. The van der Waals surface area contributed by atoms with E-state index in [1.54, 1.807) is 13.8 Å². The van der Waals surface area contributed by atoms with Crippen LogP contribution < -0.4 is 4.72 Å². The van der Waals surface area contributed by atoms with Crippen LogP contribution in [-0.4, -0.2) is 63.0 Å². The van der Waals surface area contributed by atoms with Crippen LogP contribution in [0.3, 0.4) is 0 Å². The van der Waals surface area contributed by atoms with Crippen molar-refractivity contribution < 1.29 is 21.6 Å². The third kappa shape index (κ3) is 4.92. The smallest absolute Gasteiger partial charge is 0.223 e. The molecule has 1 aliphatic carbocycles. The summed E-state index contributed by atoms with van der Waals surface area (Å²) < 4.78 is 51.3. The lowest BCUT2D eigenvalue weighted by Crippen LogP contribution is -2.40. The van der Waals surface area contributed by atoms with Crippen LogP contribution in [0.4, 0.5) is 0 Å². The lowest BCUT2D eigenvalue weighted by molar-refractivity contribution is -0.129. The molecule has 7 nitrogen and oxygen atoms in total. The zero-order valence-corrected chi connectivity index (χ0v) is 16.0. The summed E-state index contributed by atoms with van der Waals surface area (Å²) in [6, 6.07) is -0.184. The predicted molar refractivity (Wildman–Crippen MR) is 92.8 cm³/mol. The van der Waals surface area contributed by atoms with E-state index in [4.69, 9.17) is 0 Å². The molecule has 140 valence electrons. The number of nitrogens with zero attached hydrogens (tertiary/aromatic N) is 1. The van der Waals surface area contributed by atoms with E-state index in [1.165, 1.54) is 4.90 Å². The second-order valence-electron chi connectivity index (χ2n) is 7.09. The number of sulfone groups is 1. The number of hydrogen-bond donors (Lipinski definition) is 1. The number of likely N-dealkylation sites (tertiary alicyclic amines) is 1. The third-order valence-corrected chi connectivity index (χ3v) is 9.07. The Hall–Kier alpha value is -0.670. The highest BCUT2D eigenvalue weighted by Gasteiger charge is 2.36. The van der Waals surface area contributed by atoms with E-state index in [0.717, 1.165) is 12.8 Å².